The summed E-state index contributed by atoms with van der Waals surface area (Å²) in [5.74, 6) is -0.354. The van der Waals surface area contributed by atoms with Crippen molar-refractivity contribution in [1.29, 1.82) is 0 Å². The Morgan fingerprint density at radius 2 is 1.74 bits per heavy atom. The number of pyridine rings is 1. The molecule has 0 saturated carbocycles. The summed E-state index contributed by atoms with van der Waals surface area (Å²) in [4.78, 5) is 16.2. The van der Waals surface area contributed by atoms with Gasteiger partial charge in [0, 0.05) is 28.7 Å². The number of halogens is 1. The van der Waals surface area contributed by atoms with Gasteiger partial charge in [-0.05, 0) is 55.0 Å². The van der Waals surface area contributed by atoms with E-state index < -0.39 is 10.0 Å². The van der Waals surface area contributed by atoms with E-state index in [0.29, 0.717) is 27.5 Å². The topological polar surface area (TPSA) is 88.2 Å². The fourth-order valence-corrected chi connectivity index (χ4v) is 3.95. The van der Waals surface area contributed by atoms with E-state index in [1.165, 1.54) is 24.5 Å². The number of sulfonamides is 1. The highest BCUT2D eigenvalue weighted by molar-refractivity contribution is 7.92. The maximum Gasteiger partial charge on any atom is 0.262 e. The van der Waals surface area contributed by atoms with Gasteiger partial charge >= 0.3 is 0 Å². The van der Waals surface area contributed by atoms with E-state index in [1.807, 2.05) is 0 Å². The first-order valence-electron chi connectivity index (χ1n) is 7.95. The monoisotopic (exact) mass is 401 g/mol. The van der Waals surface area contributed by atoms with Gasteiger partial charge in [-0.25, -0.2) is 8.42 Å². The molecule has 2 N–H and O–H groups in total. The summed E-state index contributed by atoms with van der Waals surface area (Å²) in [6, 6.07) is 14.3. The molecule has 0 aliphatic rings. The molecule has 8 heteroatoms. The van der Waals surface area contributed by atoms with Crippen molar-refractivity contribution in [2.24, 2.45) is 0 Å². The van der Waals surface area contributed by atoms with Crippen molar-refractivity contribution >= 4 is 38.9 Å². The number of hydrogen-bond donors (Lipinski definition) is 2. The Kier molecular flexibility index (Phi) is 5.43. The van der Waals surface area contributed by atoms with Crippen LogP contribution >= 0.6 is 11.6 Å². The van der Waals surface area contributed by atoms with Crippen LogP contribution in [0.2, 0.25) is 5.02 Å². The van der Waals surface area contributed by atoms with Crippen molar-refractivity contribution in [1.82, 2.24) is 4.98 Å². The van der Waals surface area contributed by atoms with Crippen LogP contribution in [-0.4, -0.2) is 19.3 Å². The van der Waals surface area contributed by atoms with Crippen molar-refractivity contribution in [2.45, 2.75) is 11.8 Å². The van der Waals surface area contributed by atoms with Crippen molar-refractivity contribution in [2.75, 3.05) is 10.0 Å². The molecular formula is C19H16ClN3O3S. The number of aryl methyl sites for hydroxylation is 1. The van der Waals surface area contributed by atoms with Gasteiger partial charge < -0.3 is 5.32 Å². The summed E-state index contributed by atoms with van der Waals surface area (Å²) in [5.41, 5.74) is 1.69. The van der Waals surface area contributed by atoms with E-state index in [4.69, 9.17) is 11.6 Å². The molecule has 1 aromatic heterocycles. The Labute approximate surface area is 162 Å². The highest BCUT2D eigenvalue weighted by Gasteiger charge is 2.18. The smallest absolute Gasteiger partial charge is 0.262 e. The number of amides is 1. The quantitative estimate of drug-likeness (QED) is 0.673. The third-order valence-corrected chi connectivity index (χ3v) is 5.51. The number of rotatable bonds is 5. The van der Waals surface area contributed by atoms with Gasteiger partial charge in [0.25, 0.3) is 15.9 Å². The number of anilines is 2. The molecule has 27 heavy (non-hydrogen) atoms. The standard InChI is InChI=1S/C19H16ClN3O3S/c1-13-5-6-16(22-19(24)14-7-9-21-10-8-14)12-18(13)27(25,26)23-17-4-2-3-15(20)11-17/h2-12,23H,1H3,(H,22,24). The van der Waals surface area contributed by atoms with Crippen molar-refractivity contribution in [3.8, 4) is 0 Å². The molecule has 3 rings (SSSR count). The molecule has 6 nitrogen and oxygen atoms in total. The first-order chi connectivity index (χ1) is 12.8. The van der Waals surface area contributed by atoms with Gasteiger partial charge in [-0.1, -0.05) is 23.7 Å². The van der Waals surface area contributed by atoms with Gasteiger partial charge in [0.2, 0.25) is 0 Å². The van der Waals surface area contributed by atoms with E-state index in [-0.39, 0.29) is 10.8 Å². The first kappa shape index (κ1) is 18.9. The zero-order valence-electron chi connectivity index (χ0n) is 14.3. The van der Waals surface area contributed by atoms with Crippen LogP contribution in [0.3, 0.4) is 0 Å². The van der Waals surface area contributed by atoms with Crippen LogP contribution < -0.4 is 10.0 Å². The van der Waals surface area contributed by atoms with Gasteiger partial charge in [0.1, 0.15) is 0 Å². The van der Waals surface area contributed by atoms with Gasteiger partial charge in [-0.2, -0.15) is 0 Å². The zero-order valence-corrected chi connectivity index (χ0v) is 15.9. The number of aromatic nitrogens is 1. The number of nitrogens with zero attached hydrogens (tertiary/aromatic N) is 1. The summed E-state index contributed by atoms with van der Waals surface area (Å²) in [5, 5.41) is 3.11. The molecule has 1 amide bonds. The Bertz CT molecular complexity index is 1090. The highest BCUT2D eigenvalue weighted by atomic mass is 35.5. The number of carbonyl (C=O) groups is 1. The van der Waals surface area contributed by atoms with Crippen LogP contribution in [-0.2, 0) is 10.0 Å². The molecule has 0 radical (unpaired) electrons. The van der Waals surface area contributed by atoms with E-state index in [0.717, 1.165) is 0 Å². The van der Waals surface area contributed by atoms with Crippen molar-refractivity contribution < 1.29 is 13.2 Å². The minimum absolute atomic E-state index is 0.0648. The Balaban J connectivity index is 1.87. The van der Waals surface area contributed by atoms with E-state index in [1.54, 1.807) is 49.4 Å². The zero-order chi connectivity index (χ0) is 19.4. The molecule has 0 spiro atoms. The molecule has 0 unspecified atom stereocenters. The SMILES string of the molecule is Cc1ccc(NC(=O)c2ccncc2)cc1S(=O)(=O)Nc1cccc(Cl)c1. The molecule has 0 fully saturated rings. The van der Waals surface area contributed by atoms with Crippen molar-refractivity contribution in [3.05, 3.63) is 83.1 Å². The van der Waals surface area contributed by atoms with Crippen LogP contribution in [0.15, 0.2) is 71.9 Å². The molecule has 0 saturated heterocycles. The lowest BCUT2D eigenvalue weighted by Crippen LogP contribution is -2.16. The fraction of sp³-hybridized carbons (Fsp3) is 0.0526. The van der Waals surface area contributed by atoms with E-state index >= 15 is 0 Å². The summed E-state index contributed by atoms with van der Waals surface area (Å²) in [7, 11) is -3.85. The third-order valence-electron chi connectivity index (χ3n) is 3.75. The highest BCUT2D eigenvalue weighted by Crippen LogP contribution is 2.24. The van der Waals surface area contributed by atoms with Crippen LogP contribution in [0.1, 0.15) is 15.9 Å². The summed E-state index contributed by atoms with van der Waals surface area (Å²) < 4.78 is 28.0. The molecule has 2 aromatic carbocycles. The molecule has 0 atom stereocenters. The summed E-state index contributed by atoms with van der Waals surface area (Å²) in [6.45, 7) is 1.68. The lowest BCUT2D eigenvalue weighted by atomic mass is 10.2. The fourth-order valence-electron chi connectivity index (χ4n) is 2.44. The molecule has 0 aliphatic heterocycles. The first-order valence-corrected chi connectivity index (χ1v) is 9.82. The van der Waals surface area contributed by atoms with Gasteiger partial charge in [0.15, 0.2) is 0 Å². The molecule has 1 heterocycles. The number of nitrogens with one attached hydrogen (secondary N) is 2. The second kappa shape index (κ2) is 7.77. The Hall–Kier alpha value is -2.90. The second-order valence-electron chi connectivity index (χ2n) is 5.79. The minimum Gasteiger partial charge on any atom is -0.322 e. The second-order valence-corrected chi connectivity index (χ2v) is 7.87. The predicted molar refractivity (Wildman–Crippen MR) is 106 cm³/mol. The number of benzene rings is 2. The van der Waals surface area contributed by atoms with Crippen LogP contribution in [0.25, 0.3) is 0 Å². The van der Waals surface area contributed by atoms with Gasteiger partial charge in [-0.15, -0.1) is 0 Å². The molecule has 0 bridgehead atoms. The maximum absolute atomic E-state index is 12.8. The van der Waals surface area contributed by atoms with Crippen LogP contribution in [0.5, 0.6) is 0 Å². The average Bonchev–Trinajstić information content (AvgIpc) is 2.63. The summed E-state index contributed by atoms with van der Waals surface area (Å²) >= 11 is 5.90. The van der Waals surface area contributed by atoms with Crippen molar-refractivity contribution in [3.63, 3.8) is 0 Å². The maximum atomic E-state index is 12.8. The number of hydrogen-bond acceptors (Lipinski definition) is 4. The third kappa shape index (κ3) is 4.64. The Morgan fingerprint density at radius 1 is 1.00 bits per heavy atom. The lowest BCUT2D eigenvalue weighted by molar-refractivity contribution is 0.102. The molecule has 0 aliphatic carbocycles. The van der Waals surface area contributed by atoms with Crippen LogP contribution in [0, 0.1) is 6.92 Å². The van der Waals surface area contributed by atoms with E-state index in [2.05, 4.69) is 15.0 Å². The average molecular weight is 402 g/mol. The molecule has 3 aromatic rings. The van der Waals surface area contributed by atoms with E-state index in [9.17, 15) is 13.2 Å². The van der Waals surface area contributed by atoms with Gasteiger partial charge in [-0.3, -0.25) is 14.5 Å². The van der Waals surface area contributed by atoms with Crippen LogP contribution in [0.4, 0.5) is 11.4 Å². The molecule has 138 valence electrons. The lowest BCUT2D eigenvalue weighted by Gasteiger charge is -2.13. The largest absolute Gasteiger partial charge is 0.322 e. The number of carbonyl (C=O) groups excluding carboxylic acids is 1. The molecular weight excluding hydrogens is 386 g/mol. The normalized spacial score (nSPS) is 11.0. The minimum atomic E-state index is -3.85. The van der Waals surface area contributed by atoms with Gasteiger partial charge in [0.05, 0.1) is 10.6 Å². The predicted octanol–water partition coefficient (Wildman–Crippen LogP) is 4.10. The Morgan fingerprint density at radius 3 is 2.44 bits per heavy atom. The summed E-state index contributed by atoms with van der Waals surface area (Å²) in [6.07, 6.45) is 3.02.